The number of ether oxygens (including phenoxy) is 1. The number of rotatable bonds is 1. The first-order chi connectivity index (χ1) is 6.33. The summed E-state index contributed by atoms with van der Waals surface area (Å²) in [6.45, 7) is 2.14. The Labute approximate surface area is 79.1 Å². The molecule has 0 aliphatic heterocycles. The van der Waals surface area contributed by atoms with Crippen LogP contribution in [0.2, 0.25) is 0 Å². The van der Waals surface area contributed by atoms with Gasteiger partial charge in [0.1, 0.15) is 5.76 Å². The molecule has 3 rings (SSSR count). The summed E-state index contributed by atoms with van der Waals surface area (Å²) < 4.78 is 5.42. The molecule has 0 saturated heterocycles. The van der Waals surface area contributed by atoms with Gasteiger partial charge in [-0.1, -0.05) is 36.5 Å². The van der Waals surface area contributed by atoms with Crippen molar-refractivity contribution in [2.75, 3.05) is 7.11 Å². The summed E-state index contributed by atoms with van der Waals surface area (Å²) >= 11 is 0. The lowest BCUT2D eigenvalue weighted by Gasteiger charge is -2.25. The Morgan fingerprint density at radius 2 is 1.62 bits per heavy atom. The molecule has 3 aliphatic rings. The summed E-state index contributed by atoms with van der Waals surface area (Å²) in [7, 11) is 1.75. The molecule has 0 amide bonds. The highest BCUT2D eigenvalue weighted by Crippen LogP contribution is 2.32. The topological polar surface area (TPSA) is 9.23 Å². The number of methoxy groups -OCH3 is 1. The zero-order valence-corrected chi connectivity index (χ0v) is 8.03. The Balaban J connectivity index is 2.47. The summed E-state index contributed by atoms with van der Waals surface area (Å²) in [4.78, 5) is 0. The summed E-state index contributed by atoms with van der Waals surface area (Å²) in [5.74, 6) is 1.87. The molecule has 0 saturated carbocycles. The van der Waals surface area contributed by atoms with Crippen molar-refractivity contribution in [1.82, 2.24) is 0 Å². The Morgan fingerprint density at radius 3 is 2.31 bits per heavy atom. The summed E-state index contributed by atoms with van der Waals surface area (Å²) in [6, 6.07) is 0. The van der Waals surface area contributed by atoms with Gasteiger partial charge >= 0.3 is 0 Å². The molecule has 13 heavy (non-hydrogen) atoms. The molecule has 0 aromatic heterocycles. The van der Waals surface area contributed by atoms with E-state index in [-0.39, 0.29) is 0 Å². The molecule has 0 fully saturated rings. The van der Waals surface area contributed by atoms with Crippen molar-refractivity contribution in [3.05, 3.63) is 47.8 Å². The van der Waals surface area contributed by atoms with E-state index in [0.717, 1.165) is 5.76 Å². The van der Waals surface area contributed by atoms with E-state index >= 15 is 0 Å². The molecule has 2 atom stereocenters. The molecular formula is C12H14O. The van der Waals surface area contributed by atoms with Crippen LogP contribution in [0.15, 0.2) is 47.8 Å². The second-order valence-electron chi connectivity index (χ2n) is 3.46. The quantitative estimate of drug-likeness (QED) is 0.555. The van der Waals surface area contributed by atoms with Crippen molar-refractivity contribution < 1.29 is 4.74 Å². The average molecular weight is 174 g/mol. The first-order valence-electron chi connectivity index (χ1n) is 4.61. The van der Waals surface area contributed by atoms with Crippen molar-refractivity contribution in [3.63, 3.8) is 0 Å². The van der Waals surface area contributed by atoms with Gasteiger partial charge in [-0.25, -0.2) is 0 Å². The fourth-order valence-electron chi connectivity index (χ4n) is 1.92. The number of fused-ring (bicyclic) bond motifs is 1. The molecule has 0 N–H and O–H groups in total. The summed E-state index contributed by atoms with van der Waals surface area (Å²) in [5.41, 5.74) is 1.33. The van der Waals surface area contributed by atoms with Gasteiger partial charge in [0, 0.05) is 5.92 Å². The molecule has 0 spiro atoms. The van der Waals surface area contributed by atoms with E-state index in [1.165, 1.54) is 5.57 Å². The second-order valence-corrected chi connectivity index (χ2v) is 3.46. The highest BCUT2D eigenvalue weighted by Gasteiger charge is 2.21. The molecule has 0 aromatic carbocycles. The van der Waals surface area contributed by atoms with Crippen LogP contribution in [-0.2, 0) is 4.74 Å². The highest BCUT2D eigenvalue weighted by atomic mass is 16.5. The summed E-state index contributed by atoms with van der Waals surface area (Å²) in [5, 5.41) is 0. The maximum Gasteiger partial charge on any atom is 0.106 e. The van der Waals surface area contributed by atoms with E-state index in [9.17, 15) is 0 Å². The van der Waals surface area contributed by atoms with Crippen molar-refractivity contribution in [2.45, 2.75) is 6.92 Å². The van der Waals surface area contributed by atoms with Crippen LogP contribution in [0.4, 0.5) is 0 Å². The minimum Gasteiger partial charge on any atom is -0.500 e. The van der Waals surface area contributed by atoms with Gasteiger partial charge in [-0.15, -0.1) is 0 Å². The van der Waals surface area contributed by atoms with Crippen LogP contribution in [0.1, 0.15) is 6.92 Å². The van der Waals surface area contributed by atoms with Crippen LogP contribution in [0.5, 0.6) is 0 Å². The number of hydrogen-bond acceptors (Lipinski definition) is 1. The van der Waals surface area contributed by atoms with Crippen LogP contribution < -0.4 is 0 Å². The molecule has 2 bridgehead atoms. The Morgan fingerprint density at radius 1 is 1.00 bits per heavy atom. The third-order valence-electron chi connectivity index (χ3n) is 2.69. The highest BCUT2D eigenvalue weighted by molar-refractivity contribution is 5.36. The van der Waals surface area contributed by atoms with Crippen molar-refractivity contribution >= 4 is 0 Å². The smallest absolute Gasteiger partial charge is 0.106 e. The van der Waals surface area contributed by atoms with Crippen LogP contribution in [0.25, 0.3) is 0 Å². The number of allylic oxidation sites excluding steroid dienone is 6. The third-order valence-corrected chi connectivity index (χ3v) is 2.69. The van der Waals surface area contributed by atoms with Crippen LogP contribution in [0.3, 0.4) is 0 Å². The average Bonchev–Trinajstić information content (AvgIpc) is 2.08. The fraction of sp³-hybridized carbons (Fsp3) is 0.333. The monoisotopic (exact) mass is 174 g/mol. The molecule has 68 valence electrons. The van der Waals surface area contributed by atoms with Crippen LogP contribution >= 0.6 is 0 Å². The number of hydrogen-bond donors (Lipinski definition) is 0. The van der Waals surface area contributed by atoms with Crippen LogP contribution in [0, 0.1) is 11.8 Å². The van der Waals surface area contributed by atoms with E-state index in [2.05, 4.69) is 43.4 Å². The largest absolute Gasteiger partial charge is 0.500 e. The van der Waals surface area contributed by atoms with Crippen molar-refractivity contribution in [1.29, 1.82) is 0 Å². The zero-order valence-electron chi connectivity index (χ0n) is 8.03. The van der Waals surface area contributed by atoms with Gasteiger partial charge in [0.15, 0.2) is 0 Å². The molecule has 3 aliphatic carbocycles. The Bertz CT molecular complexity index is 318. The SMILES string of the molecule is COC1=C(C)C2C=CC1/C=C/C=C\2. The van der Waals surface area contributed by atoms with Gasteiger partial charge in [-0.2, -0.15) is 0 Å². The van der Waals surface area contributed by atoms with E-state index in [0.29, 0.717) is 11.8 Å². The first-order valence-corrected chi connectivity index (χ1v) is 4.61. The minimum atomic E-state index is 0.339. The fourth-order valence-corrected chi connectivity index (χ4v) is 1.92. The maximum absolute atomic E-state index is 5.42. The van der Waals surface area contributed by atoms with Crippen molar-refractivity contribution in [3.8, 4) is 0 Å². The Hall–Kier alpha value is -1.24. The molecule has 0 radical (unpaired) electrons. The zero-order chi connectivity index (χ0) is 9.26. The first kappa shape index (κ1) is 8.36. The van der Waals surface area contributed by atoms with Crippen molar-refractivity contribution in [2.24, 2.45) is 11.8 Å². The maximum atomic E-state index is 5.42. The standard InChI is InChI=1S/C12H14O/c1-9-10-5-3-4-6-11(8-7-10)12(9)13-2/h3-8,10-11H,1-2H3/b5-3-,6-4+. The van der Waals surface area contributed by atoms with E-state index in [4.69, 9.17) is 4.74 Å². The van der Waals surface area contributed by atoms with Gasteiger partial charge in [0.05, 0.1) is 13.0 Å². The van der Waals surface area contributed by atoms with E-state index in [1.807, 2.05) is 0 Å². The lowest BCUT2D eigenvalue weighted by Crippen LogP contribution is -2.13. The molecule has 1 nitrogen and oxygen atoms in total. The van der Waals surface area contributed by atoms with Gasteiger partial charge in [0.25, 0.3) is 0 Å². The summed E-state index contributed by atoms with van der Waals surface area (Å²) in [6.07, 6.45) is 13.0. The van der Waals surface area contributed by atoms with Crippen LogP contribution in [-0.4, -0.2) is 7.11 Å². The molecular weight excluding hydrogens is 160 g/mol. The molecule has 2 unspecified atom stereocenters. The van der Waals surface area contributed by atoms with E-state index in [1.54, 1.807) is 7.11 Å². The van der Waals surface area contributed by atoms with Gasteiger partial charge in [-0.3, -0.25) is 0 Å². The molecule has 0 aromatic rings. The van der Waals surface area contributed by atoms with Gasteiger partial charge in [-0.05, 0) is 12.5 Å². The predicted octanol–water partition coefficient (Wildman–Crippen LogP) is 2.84. The van der Waals surface area contributed by atoms with Gasteiger partial charge < -0.3 is 4.74 Å². The minimum absolute atomic E-state index is 0.339. The normalized spacial score (nSPS) is 35.5. The predicted molar refractivity (Wildman–Crippen MR) is 54.1 cm³/mol. The Kier molecular flexibility index (Phi) is 2.09. The van der Waals surface area contributed by atoms with Gasteiger partial charge in [0.2, 0.25) is 0 Å². The molecule has 1 heteroatoms. The van der Waals surface area contributed by atoms with E-state index < -0.39 is 0 Å². The lowest BCUT2D eigenvalue weighted by atomic mass is 9.85. The third kappa shape index (κ3) is 1.35. The molecule has 0 heterocycles. The lowest BCUT2D eigenvalue weighted by molar-refractivity contribution is 0.258. The second kappa shape index (κ2) is 3.25.